The minimum Gasteiger partial charge on any atom is -0.305 e. The average Bonchev–Trinajstić information content (AvgIpc) is 3.12. The maximum absolute atomic E-state index is 4.02. The lowest BCUT2D eigenvalue weighted by atomic mass is 9.83. The molecule has 3 saturated heterocycles. The second kappa shape index (κ2) is 4.62. The van der Waals surface area contributed by atoms with Gasteiger partial charge < -0.3 is 10.2 Å². The van der Waals surface area contributed by atoms with Crippen LogP contribution in [0.1, 0.15) is 36.6 Å². The zero-order valence-corrected chi connectivity index (χ0v) is 11.7. The van der Waals surface area contributed by atoms with Crippen molar-refractivity contribution < 1.29 is 0 Å². The van der Waals surface area contributed by atoms with Gasteiger partial charge in [0.1, 0.15) is 0 Å². The van der Waals surface area contributed by atoms with E-state index in [9.17, 15) is 0 Å². The summed E-state index contributed by atoms with van der Waals surface area (Å²) in [4.78, 5) is 4.21. The lowest BCUT2D eigenvalue weighted by Crippen LogP contribution is -2.56. The number of rotatable bonds is 4. The molecule has 2 bridgehead atoms. The van der Waals surface area contributed by atoms with Crippen LogP contribution in [0.2, 0.25) is 0 Å². The summed E-state index contributed by atoms with van der Waals surface area (Å²) in [6.07, 6.45) is 5.69. The molecule has 2 unspecified atom stereocenters. The Bertz CT molecular complexity index is 391. The van der Waals surface area contributed by atoms with Crippen molar-refractivity contribution in [3.05, 3.63) is 22.4 Å². The Morgan fingerprint density at radius 1 is 1.22 bits per heavy atom. The molecule has 0 spiro atoms. The molecule has 18 heavy (non-hydrogen) atoms. The topological polar surface area (TPSA) is 15.3 Å². The van der Waals surface area contributed by atoms with Crippen LogP contribution in [0.4, 0.5) is 0 Å². The van der Waals surface area contributed by atoms with E-state index in [-0.39, 0.29) is 0 Å². The van der Waals surface area contributed by atoms with Gasteiger partial charge in [-0.3, -0.25) is 0 Å². The molecule has 4 aliphatic rings. The fourth-order valence-electron chi connectivity index (χ4n) is 3.73. The normalized spacial score (nSPS) is 36.8. The van der Waals surface area contributed by atoms with E-state index in [0.717, 1.165) is 17.9 Å². The quantitative estimate of drug-likeness (QED) is 0.897. The second-order valence-electron chi connectivity index (χ2n) is 6.24. The van der Waals surface area contributed by atoms with E-state index in [1.165, 1.54) is 45.3 Å². The summed E-state index contributed by atoms with van der Waals surface area (Å²) in [5, 5.41) is 6.25. The predicted octanol–water partition coefficient (Wildman–Crippen LogP) is 2.88. The predicted molar refractivity (Wildman–Crippen MR) is 75.9 cm³/mol. The van der Waals surface area contributed by atoms with Gasteiger partial charge in [-0.2, -0.15) is 0 Å². The Morgan fingerprint density at radius 2 is 2.06 bits per heavy atom. The Balaban J connectivity index is 1.48. The van der Waals surface area contributed by atoms with Gasteiger partial charge >= 0.3 is 0 Å². The molecule has 5 rings (SSSR count). The van der Waals surface area contributed by atoms with Crippen LogP contribution in [0.5, 0.6) is 0 Å². The Morgan fingerprint density at radius 3 is 2.61 bits per heavy atom. The summed E-state index contributed by atoms with van der Waals surface area (Å²) in [5.41, 5.74) is 0. The van der Waals surface area contributed by atoms with E-state index in [4.69, 9.17) is 0 Å². The third-order valence-electron chi connectivity index (χ3n) is 4.99. The first-order valence-electron chi connectivity index (χ1n) is 7.42. The van der Waals surface area contributed by atoms with E-state index in [0.29, 0.717) is 6.04 Å². The molecule has 1 saturated carbocycles. The number of fused-ring (bicyclic) bond motifs is 3. The third-order valence-corrected chi connectivity index (χ3v) is 5.95. The molecule has 1 aromatic rings. The molecule has 4 fully saturated rings. The molecule has 1 aromatic heterocycles. The maximum atomic E-state index is 4.02. The SMILES string of the molecule is c1csc(C(NC2CN3CCC2CC3)C2CC2)c1. The van der Waals surface area contributed by atoms with Crippen LogP contribution >= 0.6 is 11.3 Å². The molecular formula is C15H22N2S. The summed E-state index contributed by atoms with van der Waals surface area (Å²) in [6, 6.07) is 5.92. The third kappa shape index (κ3) is 2.13. The van der Waals surface area contributed by atoms with Crippen molar-refractivity contribution in [2.24, 2.45) is 11.8 Å². The van der Waals surface area contributed by atoms with Crippen molar-refractivity contribution >= 4 is 11.3 Å². The molecule has 1 N–H and O–H groups in total. The molecule has 2 atom stereocenters. The standard InChI is InChI=1S/C15H22N2S/c1-2-14(18-9-1)15(12-3-4-12)16-13-10-17-7-5-11(13)6-8-17/h1-2,9,11-13,15-16H,3-8,10H2. The van der Waals surface area contributed by atoms with Gasteiger partial charge in [0.2, 0.25) is 0 Å². The van der Waals surface area contributed by atoms with E-state index >= 15 is 0 Å². The molecule has 1 aliphatic carbocycles. The molecule has 3 aliphatic heterocycles. The van der Waals surface area contributed by atoms with Crippen molar-refractivity contribution in [2.75, 3.05) is 19.6 Å². The van der Waals surface area contributed by atoms with Gasteiger partial charge in [-0.05, 0) is 62.1 Å². The minimum absolute atomic E-state index is 0.649. The summed E-state index contributed by atoms with van der Waals surface area (Å²) >= 11 is 1.93. The first kappa shape index (κ1) is 11.4. The van der Waals surface area contributed by atoms with Crippen LogP contribution in [-0.4, -0.2) is 30.6 Å². The first-order chi connectivity index (χ1) is 8.90. The van der Waals surface area contributed by atoms with Crippen LogP contribution in [0, 0.1) is 11.8 Å². The Labute approximate surface area is 113 Å². The van der Waals surface area contributed by atoms with Gasteiger partial charge in [0.05, 0.1) is 0 Å². The fourth-order valence-corrected chi connectivity index (χ4v) is 4.61. The molecule has 2 nitrogen and oxygen atoms in total. The highest BCUT2D eigenvalue weighted by molar-refractivity contribution is 7.10. The largest absolute Gasteiger partial charge is 0.305 e. The number of hydrogen-bond acceptors (Lipinski definition) is 3. The molecule has 3 heteroatoms. The van der Waals surface area contributed by atoms with Crippen molar-refractivity contribution in [1.82, 2.24) is 10.2 Å². The minimum atomic E-state index is 0.649. The highest BCUT2D eigenvalue weighted by Crippen LogP contribution is 2.43. The van der Waals surface area contributed by atoms with Crippen molar-refractivity contribution in [3.8, 4) is 0 Å². The van der Waals surface area contributed by atoms with Crippen LogP contribution in [0.15, 0.2) is 17.5 Å². The molecule has 0 amide bonds. The van der Waals surface area contributed by atoms with Gasteiger partial charge in [-0.25, -0.2) is 0 Å². The van der Waals surface area contributed by atoms with E-state index in [1.54, 1.807) is 4.88 Å². The summed E-state index contributed by atoms with van der Waals surface area (Å²) in [5.74, 6) is 1.86. The number of piperidine rings is 3. The number of thiophene rings is 1. The van der Waals surface area contributed by atoms with Crippen LogP contribution in [0.3, 0.4) is 0 Å². The fraction of sp³-hybridized carbons (Fsp3) is 0.733. The summed E-state index contributed by atoms with van der Waals surface area (Å²) in [6.45, 7) is 3.98. The summed E-state index contributed by atoms with van der Waals surface area (Å²) in [7, 11) is 0. The van der Waals surface area contributed by atoms with Gasteiger partial charge in [0, 0.05) is 23.5 Å². The van der Waals surface area contributed by atoms with Gasteiger partial charge in [0.15, 0.2) is 0 Å². The number of hydrogen-bond donors (Lipinski definition) is 1. The first-order valence-corrected chi connectivity index (χ1v) is 8.30. The maximum Gasteiger partial charge on any atom is 0.0446 e. The second-order valence-corrected chi connectivity index (χ2v) is 7.22. The average molecular weight is 262 g/mol. The molecule has 98 valence electrons. The van der Waals surface area contributed by atoms with Crippen molar-refractivity contribution in [3.63, 3.8) is 0 Å². The zero-order valence-electron chi connectivity index (χ0n) is 10.8. The molecule has 0 radical (unpaired) electrons. The van der Waals surface area contributed by atoms with Gasteiger partial charge in [-0.1, -0.05) is 6.07 Å². The highest BCUT2D eigenvalue weighted by atomic mass is 32.1. The number of nitrogens with zero attached hydrogens (tertiary/aromatic N) is 1. The van der Waals surface area contributed by atoms with Crippen LogP contribution in [-0.2, 0) is 0 Å². The number of nitrogens with one attached hydrogen (secondary N) is 1. The zero-order chi connectivity index (χ0) is 11.9. The molecule has 4 heterocycles. The lowest BCUT2D eigenvalue weighted by Gasteiger charge is -2.46. The van der Waals surface area contributed by atoms with Crippen molar-refractivity contribution in [1.29, 1.82) is 0 Å². The highest BCUT2D eigenvalue weighted by Gasteiger charge is 2.39. The van der Waals surface area contributed by atoms with Gasteiger partial charge in [-0.15, -0.1) is 11.3 Å². The van der Waals surface area contributed by atoms with Crippen molar-refractivity contribution in [2.45, 2.75) is 37.8 Å². The Kier molecular flexibility index (Phi) is 2.94. The Hall–Kier alpha value is -0.380. The van der Waals surface area contributed by atoms with Crippen LogP contribution < -0.4 is 5.32 Å². The van der Waals surface area contributed by atoms with Gasteiger partial charge in [0.25, 0.3) is 0 Å². The van der Waals surface area contributed by atoms with E-state index < -0.39 is 0 Å². The smallest absolute Gasteiger partial charge is 0.0446 e. The van der Waals surface area contributed by atoms with Crippen LogP contribution in [0.25, 0.3) is 0 Å². The monoisotopic (exact) mass is 262 g/mol. The lowest BCUT2D eigenvalue weighted by molar-refractivity contribution is 0.0656. The summed E-state index contributed by atoms with van der Waals surface area (Å²) < 4.78 is 0. The van der Waals surface area contributed by atoms with E-state index in [1.807, 2.05) is 11.3 Å². The van der Waals surface area contributed by atoms with E-state index in [2.05, 4.69) is 27.7 Å². The molecular weight excluding hydrogens is 240 g/mol. The molecule has 0 aromatic carbocycles.